The zero-order chi connectivity index (χ0) is 18.9. The number of nitrogens with zero attached hydrogens (tertiary/aromatic N) is 1. The van der Waals surface area contributed by atoms with Gasteiger partial charge in [-0.25, -0.2) is 4.98 Å². The average molecular weight is 351 g/mol. The van der Waals surface area contributed by atoms with Crippen molar-refractivity contribution in [2.45, 2.75) is 33.1 Å². The third kappa shape index (κ3) is 3.74. The van der Waals surface area contributed by atoms with Crippen molar-refractivity contribution in [1.82, 2.24) is 15.0 Å². The highest BCUT2D eigenvalue weighted by Gasteiger charge is 2.21. The highest BCUT2D eigenvalue weighted by molar-refractivity contribution is 5.49. The number of hydrogen-bond donors (Lipinski definition) is 2. The molecule has 0 aliphatic rings. The number of oxazole rings is 1. The van der Waals surface area contributed by atoms with Gasteiger partial charge in [-0.05, 0) is 24.6 Å². The van der Waals surface area contributed by atoms with Crippen molar-refractivity contribution >= 4 is 12.2 Å². The summed E-state index contributed by atoms with van der Waals surface area (Å²) in [7, 11) is 0. The monoisotopic (exact) mass is 351 g/mol. The van der Waals surface area contributed by atoms with Crippen molar-refractivity contribution in [2.75, 3.05) is 0 Å². The van der Waals surface area contributed by atoms with Crippen LogP contribution in [0.15, 0.2) is 44.7 Å². The molecule has 2 heterocycles. The first-order valence-corrected chi connectivity index (χ1v) is 8.31. The van der Waals surface area contributed by atoms with Crippen molar-refractivity contribution in [2.24, 2.45) is 0 Å². The van der Waals surface area contributed by atoms with Gasteiger partial charge in [0.2, 0.25) is 0 Å². The smallest absolute Gasteiger partial charge is 0.272 e. The van der Waals surface area contributed by atoms with Crippen LogP contribution in [0.3, 0.4) is 0 Å². The van der Waals surface area contributed by atoms with Gasteiger partial charge in [-0.1, -0.05) is 50.6 Å². The summed E-state index contributed by atoms with van der Waals surface area (Å²) in [6.45, 7) is 7.92. The van der Waals surface area contributed by atoms with Crippen LogP contribution >= 0.6 is 0 Å². The summed E-state index contributed by atoms with van der Waals surface area (Å²) >= 11 is 0. The quantitative estimate of drug-likeness (QED) is 0.728. The molecule has 0 amide bonds. The highest BCUT2D eigenvalue weighted by atomic mass is 16.3. The lowest BCUT2D eigenvalue weighted by atomic mass is 9.92. The van der Waals surface area contributed by atoms with E-state index in [4.69, 9.17) is 4.42 Å². The molecule has 2 aromatic heterocycles. The fourth-order valence-electron chi connectivity index (χ4n) is 2.68. The number of aromatic nitrogens is 3. The molecular formula is C20H21N3O3. The van der Waals surface area contributed by atoms with E-state index in [1.807, 2.05) is 52.0 Å². The Bertz CT molecular complexity index is 1170. The number of benzene rings is 1. The zero-order valence-corrected chi connectivity index (χ0v) is 15.2. The van der Waals surface area contributed by atoms with E-state index in [0.29, 0.717) is 11.5 Å². The van der Waals surface area contributed by atoms with Crippen LogP contribution in [0, 0.1) is 6.92 Å². The normalized spacial score (nSPS) is 13.4. The minimum absolute atomic E-state index is 0.135. The van der Waals surface area contributed by atoms with Crippen molar-refractivity contribution in [3.05, 3.63) is 84.6 Å². The van der Waals surface area contributed by atoms with Crippen molar-refractivity contribution < 1.29 is 4.42 Å². The third-order valence-electron chi connectivity index (χ3n) is 3.90. The summed E-state index contributed by atoms with van der Waals surface area (Å²) in [4.78, 5) is 34.2. The van der Waals surface area contributed by atoms with Crippen LogP contribution in [0.25, 0.3) is 12.2 Å². The molecule has 0 bridgehead atoms. The number of H-pyrrole nitrogens is 2. The second kappa shape index (κ2) is 6.63. The Hall–Kier alpha value is -3.15. The van der Waals surface area contributed by atoms with Crippen molar-refractivity contribution in [3.8, 4) is 0 Å². The summed E-state index contributed by atoms with van der Waals surface area (Å²) in [6.07, 6.45) is 4.51. The number of aromatic amines is 2. The predicted molar refractivity (Wildman–Crippen MR) is 100 cm³/mol. The first-order valence-electron chi connectivity index (χ1n) is 8.31. The molecule has 0 aliphatic carbocycles. The number of nitrogens with one attached hydrogen (secondary N) is 2. The number of hydrogen-bond acceptors (Lipinski definition) is 4. The van der Waals surface area contributed by atoms with Gasteiger partial charge < -0.3 is 14.4 Å². The highest BCUT2D eigenvalue weighted by Crippen LogP contribution is 2.25. The molecule has 6 nitrogen and oxygen atoms in total. The number of aryl methyl sites for hydroxylation is 1. The maximum absolute atomic E-state index is 12.4. The third-order valence-corrected chi connectivity index (χ3v) is 3.90. The fraction of sp³-hybridized carbons (Fsp3) is 0.250. The molecule has 0 aliphatic heterocycles. The van der Waals surface area contributed by atoms with E-state index in [-0.39, 0.29) is 21.7 Å². The second-order valence-electron chi connectivity index (χ2n) is 7.26. The summed E-state index contributed by atoms with van der Waals surface area (Å²) in [6, 6.07) is 7.67. The van der Waals surface area contributed by atoms with Gasteiger partial charge in [0.15, 0.2) is 6.39 Å². The van der Waals surface area contributed by atoms with Crippen molar-refractivity contribution in [3.63, 3.8) is 0 Å². The van der Waals surface area contributed by atoms with E-state index < -0.39 is 5.56 Å². The summed E-state index contributed by atoms with van der Waals surface area (Å²) < 4.78 is 5.43. The van der Waals surface area contributed by atoms with Gasteiger partial charge in [0.1, 0.15) is 22.2 Å². The molecule has 1 aromatic carbocycles. The van der Waals surface area contributed by atoms with Crippen LogP contribution in [0.1, 0.15) is 43.4 Å². The first kappa shape index (κ1) is 17.7. The van der Waals surface area contributed by atoms with Gasteiger partial charge in [0.25, 0.3) is 11.1 Å². The molecule has 3 aromatic rings. The first-order chi connectivity index (χ1) is 12.2. The molecule has 0 atom stereocenters. The van der Waals surface area contributed by atoms with Crippen LogP contribution in [0.4, 0.5) is 0 Å². The lowest BCUT2D eigenvalue weighted by Gasteiger charge is -2.14. The Balaban J connectivity index is 2.14. The van der Waals surface area contributed by atoms with Gasteiger partial charge in [-0.3, -0.25) is 9.59 Å². The molecule has 0 fully saturated rings. The Kier molecular flexibility index (Phi) is 4.50. The minimum Gasteiger partial charge on any atom is -0.447 e. The van der Waals surface area contributed by atoms with Gasteiger partial charge in [-0.2, -0.15) is 0 Å². The molecule has 0 saturated heterocycles. The minimum atomic E-state index is -0.397. The number of rotatable bonds is 2. The maximum atomic E-state index is 12.4. The Morgan fingerprint density at radius 1 is 1.04 bits per heavy atom. The van der Waals surface area contributed by atoms with Gasteiger partial charge in [-0.15, -0.1) is 0 Å². The molecule has 134 valence electrons. The van der Waals surface area contributed by atoms with E-state index >= 15 is 0 Å². The van der Waals surface area contributed by atoms with E-state index in [0.717, 1.165) is 11.1 Å². The lowest BCUT2D eigenvalue weighted by Crippen LogP contribution is -2.46. The predicted octanol–water partition coefficient (Wildman–Crippen LogP) is 1.31. The maximum Gasteiger partial charge on any atom is 0.272 e. The van der Waals surface area contributed by atoms with E-state index in [2.05, 4.69) is 15.0 Å². The Morgan fingerprint density at radius 2 is 1.69 bits per heavy atom. The average Bonchev–Trinajstić information content (AvgIpc) is 3.01. The fourth-order valence-corrected chi connectivity index (χ4v) is 2.68. The van der Waals surface area contributed by atoms with Crippen LogP contribution < -0.4 is 21.8 Å². The standard InChI is InChI=1S/C20H21N3O3/c1-12-6-5-7-13(8-12)9-15-18(24)23-16(19(25)22-15)10-14-17(20(2,3)4)26-11-21-14/h5-11H,1-4H3,(H,22,25)(H,23,24)/b15-9-,16-10-. The van der Waals surface area contributed by atoms with Crippen LogP contribution in [-0.4, -0.2) is 15.0 Å². The van der Waals surface area contributed by atoms with Gasteiger partial charge in [0.05, 0.1) is 0 Å². The Morgan fingerprint density at radius 3 is 2.31 bits per heavy atom. The summed E-state index contributed by atoms with van der Waals surface area (Å²) in [5, 5.41) is 0.338. The van der Waals surface area contributed by atoms with E-state index in [9.17, 15) is 9.59 Å². The topological polar surface area (TPSA) is 91.8 Å². The second-order valence-corrected chi connectivity index (χ2v) is 7.26. The molecule has 0 spiro atoms. The molecule has 26 heavy (non-hydrogen) atoms. The largest absolute Gasteiger partial charge is 0.447 e. The van der Waals surface area contributed by atoms with E-state index in [1.54, 1.807) is 6.08 Å². The zero-order valence-electron chi connectivity index (χ0n) is 15.2. The Labute approximate surface area is 149 Å². The van der Waals surface area contributed by atoms with Crippen LogP contribution in [-0.2, 0) is 5.41 Å². The SMILES string of the molecule is Cc1cccc(/C=c2\[nH]c(=O)/c(=C/c3ncoc3C(C)(C)C)[nH]c2=O)c1. The van der Waals surface area contributed by atoms with Crippen LogP contribution in [0.5, 0.6) is 0 Å². The summed E-state index contributed by atoms with van der Waals surface area (Å²) in [5.41, 5.74) is 1.39. The van der Waals surface area contributed by atoms with E-state index in [1.165, 1.54) is 12.5 Å². The van der Waals surface area contributed by atoms with Gasteiger partial charge in [0, 0.05) is 5.41 Å². The van der Waals surface area contributed by atoms with Gasteiger partial charge >= 0.3 is 0 Å². The lowest BCUT2D eigenvalue weighted by molar-refractivity contribution is 0.407. The molecule has 0 saturated carbocycles. The molecule has 2 N–H and O–H groups in total. The van der Waals surface area contributed by atoms with Crippen molar-refractivity contribution in [1.29, 1.82) is 0 Å². The molecule has 6 heteroatoms. The summed E-state index contributed by atoms with van der Waals surface area (Å²) in [5.74, 6) is 0.646. The molecule has 0 unspecified atom stereocenters. The molecule has 3 rings (SSSR count). The molecular weight excluding hydrogens is 330 g/mol. The van der Waals surface area contributed by atoms with Crippen LogP contribution in [0.2, 0.25) is 0 Å². The molecule has 0 radical (unpaired) electrons.